The van der Waals surface area contributed by atoms with E-state index in [1.54, 1.807) is 0 Å². The normalized spacial score (nSPS) is 17.5. The summed E-state index contributed by atoms with van der Waals surface area (Å²) < 4.78 is 0. The first-order chi connectivity index (χ1) is 7.99. The molecule has 1 unspecified atom stereocenters. The third-order valence-electron chi connectivity index (χ3n) is 3.05. The molecule has 2 rings (SSSR count). The minimum Gasteiger partial charge on any atom is -0.479 e. The Labute approximate surface area is 105 Å². The van der Waals surface area contributed by atoms with Crippen molar-refractivity contribution in [3.63, 3.8) is 0 Å². The molecule has 0 fully saturated rings. The van der Waals surface area contributed by atoms with Gasteiger partial charge in [-0.15, -0.1) is 11.8 Å². The van der Waals surface area contributed by atoms with Crippen LogP contribution in [0.1, 0.15) is 24.5 Å². The topological polar surface area (TPSA) is 57.5 Å². The molecular formula is C13H16O3S. The van der Waals surface area contributed by atoms with Crippen LogP contribution in [0.25, 0.3) is 0 Å². The van der Waals surface area contributed by atoms with Gasteiger partial charge >= 0.3 is 5.97 Å². The summed E-state index contributed by atoms with van der Waals surface area (Å²) in [6.07, 6.45) is 3.46. The van der Waals surface area contributed by atoms with Crippen molar-refractivity contribution in [1.29, 1.82) is 0 Å². The van der Waals surface area contributed by atoms with Crippen LogP contribution in [-0.2, 0) is 17.6 Å². The van der Waals surface area contributed by atoms with Crippen molar-refractivity contribution in [3.8, 4) is 0 Å². The molecule has 0 saturated carbocycles. The first-order valence-electron chi connectivity index (χ1n) is 5.69. The summed E-state index contributed by atoms with van der Waals surface area (Å²) in [4.78, 5) is 11.8. The zero-order chi connectivity index (χ0) is 12.5. The van der Waals surface area contributed by atoms with E-state index in [0.717, 1.165) is 17.7 Å². The fourth-order valence-corrected chi connectivity index (χ4v) is 2.88. The molecule has 0 radical (unpaired) electrons. The van der Waals surface area contributed by atoms with E-state index >= 15 is 0 Å². The summed E-state index contributed by atoms with van der Waals surface area (Å²) in [5.41, 5.74) is 1.10. The maximum absolute atomic E-state index is 10.8. The molecule has 1 aromatic carbocycles. The molecular weight excluding hydrogens is 236 g/mol. The smallest absolute Gasteiger partial charge is 0.336 e. The Bertz CT molecular complexity index is 440. The first-order valence-corrected chi connectivity index (χ1v) is 6.68. The molecule has 0 saturated heterocycles. The van der Waals surface area contributed by atoms with Crippen LogP contribution in [0, 0.1) is 0 Å². The number of fused-ring (bicyclic) bond motifs is 1. The summed E-state index contributed by atoms with van der Waals surface area (Å²) >= 11 is 1.39. The number of carboxylic acids is 1. The van der Waals surface area contributed by atoms with Gasteiger partial charge in [-0.3, -0.25) is 0 Å². The second-order valence-corrected chi connectivity index (χ2v) is 5.70. The molecule has 0 amide bonds. The van der Waals surface area contributed by atoms with Gasteiger partial charge < -0.3 is 10.2 Å². The molecule has 17 heavy (non-hydrogen) atoms. The molecule has 3 nitrogen and oxygen atoms in total. The molecule has 2 N–H and O–H groups in total. The fourth-order valence-electron chi connectivity index (χ4n) is 1.92. The second-order valence-electron chi connectivity index (χ2n) is 4.65. The van der Waals surface area contributed by atoms with Crippen molar-refractivity contribution in [2.45, 2.75) is 36.7 Å². The van der Waals surface area contributed by atoms with Crippen LogP contribution in [0.15, 0.2) is 23.1 Å². The molecule has 1 aliphatic carbocycles. The third kappa shape index (κ3) is 2.82. The lowest BCUT2D eigenvalue weighted by Gasteiger charge is -2.17. The van der Waals surface area contributed by atoms with E-state index in [9.17, 15) is 9.90 Å². The van der Waals surface area contributed by atoms with Crippen LogP contribution in [0.2, 0.25) is 0 Å². The highest BCUT2D eigenvalue weighted by molar-refractivity contribution is 7.99. The summed E-state index contributed by atoms with van der Waals surface area (Å²) in [6, 6.07) is 6.23. The van der Waals surface area contributed by atoms with Crippen molar-refractivity contribution < 1.29 is 15.0 Å². The molecule has 1 aromatic rings. The Kier molecular flexibility index (Phi) is 3.45. The number of aryl methyl sites for hydroxylation is 2. The zero-order valence-corrected chi connectivity index (χ0v) is 10.6. The number of hydrogen-bond donors (Lipinski definition) is 2. The Hall–Kier alpha value is -1.00. The second kappa shape index (κ2) is 4.70. The predicted octanol–water partition coefficient (Wildman–Crippen LogP) is 2.10. The fraction of sp³-hybridized carbons (Fsp3) is 0.462. The summed E-state index contributed by atoms with van der Waals surface area (Å²) in [6.45, 7) is 1.33. The minimum atomic E-state index is -1.66. The summed E-state index contributed by atoms with van der Waals surface area (Å²) in [7, 11) is 0. The molecule has 4 heteroatoms. The largest absolute Gasteiger partial charge is 0.479 e. The van der Waals surface area contributed by atoms with Gasteiger partial charge in [-0.05, 0) is 49.4 Å². The Morgan fingerprint density at radius 1 is 1.41 bits per heavy atom. The van der Waals surface area contributed by atoms with Crippen LogP contribution in [0.4, 0.5) is 0 Å². The maximum Gasteiger partial charge on any atom is 0.336 e. The van der Waals surface area contributed by atoms with E-state index in [-0.39, 0.29) is 5.75 Å². The average Bonchev–Trinajstić information content (AvgIpc) is 2.73. The Balaban J connectivity index is 2.03. The molecule has 1 atom stereocenters. The van der Waals surface area contributed by atoms with Gasteiger partial charge in [0.25, 0.3) is 0 Å². The molecule has 1 aliphatic rings. The van der Waals surface area contributed by atoms with E-state index in [1.165, 1.54) is 36.2 Å². The maximum atomic E-state index is 10.8. The van der Waals surface area contributed by atoms with E-state index in [4.69, 9.17) is 5.11 Å². The predicted molar refractivity (Wildman–Crippen MR) is 67.5 cm³/mol. The van der Waals surface area contributed by atoms with Crippen molar-refractivity contribution in [2.24, 2.45) is 0 Å². The van der Waals surface area contributed by atoms with E-state index in [0.29, 0.717) is 0 Å². The monoisotopic (exact) mass is 252 g/mol. The van der Waals surface area contributed by atoms with Crippen LogP contribution >= 0.6 is 11.8 Å². The van der Waals surface area contributed by atoms with Crippen molar-refractivity contribution in [1.82, 2.24) is 0 Å². The quantitative estimate of drug-likeness (QED) is 0.806. The van der Waals surface area contributed by atoms with Crippen molar-refractivity contribution in [2.75, 3.05) is 5.75 Å². The lowest BCUT2D eigenvalue weighted by molar-refractivity contribution is -0.154. The van der Waals surface area contributed by atoms with Gasteiger partial charge in [-0.1, -0.05) is 6.07 Å². The summed E-state index contributed by atoms with van der Waals surface area (Å²) in [5.74, 6) is -1.01. The number of carbonyl (C=O) groups is 1. The molecule has 0 bridgehead atoms. The molecule has 0 heterocycles. The van der Waals surface area contributed by atoms with Crippen LogP contribution < -0.4 is 0 Å². The van der Waals surface area contributed by atoms with Gasteiger partial charge in [0.05, 0.1) is 0 Å². The lowest BCUT2D eigenvalue weighted by Crippen LogP contribution is -2.37. The van der Waals surface area contributed by atoms with E-state index in [1.807, 2.05) is 6.07 Å². The number of hydrogen-bond acceptors (Lipinski definition) is 3. The first kappa shape index (κ1) is 12.5. The van der Waals surface area contributed by atoms with Gasteiger partial charge in [-0.25, -0.2) is 4.79 Å². The third-order valence-corrected chi connectivity index (χ3v) is 4.34. The van der Waals surface area contributed by atoms with Gasteiger partial charge in [0, 0.05) is 10.6 Å². The highest BCUT2D eigenvalue weighted by atomic mass is 32.2. The molecule has 92 valence electrons. The van der Waals surface area contributed by atoms with Gasteiger partial charge in [0.15, 0.2) is 5.60 Å². The van der Waals surface area contributed by atoms with Gasteiger partial charge in [-0.2, -0.15) is 0 Å². The number of aliphatic carboxylic acids is 1. The van der Waals surface area contributed by atoms with E-state index in [2.05, 4.69) is 12.1 Å². The zero-order valence-electron chi connectivity index (χ0n) is 9.77. The highest BCUT2D eigenvalue weighted by Crippen LogP contribution is 2.29. The Morgan fingerprint density at radius 3 is 2.82 bits per heavy atom. The molecule has 0 aliphatic heterocycles. The van der Waals surface area contributed by atoms with Crippen LogP contribution in [0.3, 0.4) is 0 Å². The van der Waals surface area contributed by atoms with Gasteiger partial charge in [0.1, 0.15) is 0 Å². The number of thioether (sulfide) groups is 1. The van der Waals surface area contributed by atoms with Crippen LogP contribution in [0.5, 0.6) is 0 Å². The standard InChI is InChI=1S/C13H16O3S/c1-13(16,12(14)15)8-17-11-6-5-9-3-2-4-10(9)7-11/h5-7,16H,2-4,8H2,1H3,(H,14,15). The summed E-state index contributed by atoms with van der Waals surface area (Å²) in [5, 5.41) is 18.4. The average molecular weight is 252 g/mol. The number of carboxylic acid groups (broad SMARTS) is 1. The lowest BCUT2D eigenvalue weighted by atomic mass is 10.1. The van der Waals surface area contributed by atoms with Crippen molar-refractivity contribution >= 4 is 17.7 Å². The SMILES string of the molecule is CC(O)(CSc1ccc2c(c1)CCC2)C(=O)O. The molecule has 0 spiro atoms. The van der Waals surface area contributed by atoms with E-state index < -0.39 is 11.6 Å². The van der Waals surface area contributed by atoms with Crippen LogP contribution in [-0.4, -0.2) is 27.5 Å². The number of rotatable bonds is 4. The number of benzene rings is 1. The molecule has 0 aromatic heterocycles. The minimum absolute atomic E-state index is 0.168. The number of aliphatic hydroxyl groups is 1. The van der Waals surface area contributed by atoms with Gasteiger partial charge in [0.2, 0.25) is 0 Å². The van der Waals surface area contributed by atoms with Crippen molar-refractivity contribution in [3.05, 3.63) is 29.3 Å². The Morgan fingerprint density at radius 2 is 2.12 bits per heavy atom. The highest BCUT2D eigenvalue weighted by Gasteiger charge is 2.29.